The minimum absolute atomic E-state index is 0.0182. The van der Waals surface area contributed by atoms with Crippen molar-refractivity contribution >= 4 is 17.7 Å². The standard InChI is InChI=1S/C14H19NO3S/c1-14(2,3)18-13(17)11-8-19-12(15-11)9-5-4-6-10(16)7-9/h4-7,11-12,15-16H,8H2,1-3H3/t11-,12?/m0/s1. The number of rotatable bonds is 2. The van der Waals surface area contributed by atoms with E-state index in [1.807, 2.05) is 26.8 Å². The Morgan fingerprint density at radius 1 is 1.47 bits per heavy atom. The molecule has 1 heterocycles. The number of phenolic OH excluding ortho intramolecular Hbond substituents is 1. The lowest BCUT2D eigenvalue weighted by Crippen LogP contribution is -2.39. The highest BCUT2D eigenvalue weighted by atomic mass is 32.2. The molecule has 4 nitrogen and oxygen atoms in total. The third kappa shape index (κ3) is 3.88. The summed E-state index contributed by atoms with van der Waals surface area (Å²) in [7, 11) is 0. The molecule has 0 aliphatic carbocycles. The van der Waals surface area contributed by atoms with Crippen LogP contribution in [-0.4, -0.2) is 28.5 Å². The van der Waals surface area contributed by atoms with Crippen LogP contribution in [0.3, 0.4) is 0 Å². The highest BCUT2D eigenvalue weighted by molar-refractivity contribution is 7.99. The van der Waals surface area contributed by atoms with Gasteiger partial charge in [0.25, 0.3) is 0 Å². The van der Waals surface area contributed by atoms with Crippen LogP contribution in [0.1, 0.15) is 31.7 Å². The van der Waals surface area contributed by atoms with Crippen LogP contribution in [0.25, 0.3) is 0 Å². The average Bonchev–Trinajstić information content (AvgIpc) is 2.75. The topological polar surface area (TPSA) is 58.6 Å². The molecule has 1 aromatic carbocycles. The van der Waals surface area contributed by atoms with Gasteiger partial charge in [-0.05, 0) is 38.5 Å². The number of carbonyl (C=O) groups is 1. The van der Waals surface area contributed by atoms with Gasteiger partial charge in [-0.3, -0.25) is 10.1 Å². The van der Waals surface area contributed by atoms with Gasteiger partial charge in [-0.15, -0.1) is 11.8 Å². The molecule has 1 fully saturated rings. The zero-order valence-corrected chi connectivity index (χ0v) is 12.2. The maximum Gasteiger partial charge on any atom is 0.324 e. The van der Waals surface area contributed by atoms with E-state index in [9.17, 15) is 9.90 Å². The number of phenols is 1. The molecule has 1 aromatic rings. The number of thioether (sulfide) groups is 1. The van der Waals surface area contributed by atoms with Gasteiger partial charge < -0.3 is 9.84 Å². The zero-order valence-electron chi connectivity index (χ0n) is 11.3. The summed E-state index contributed by atoms with van der Waals surface area (Å²) in [5, 5.41) is 12.7. The van der Waals surface area contributed by atoms with Crippen LogP contribution in [0.2, 0.25) is 0 Å². The molecule has 1 aliphatic rings. The molecule has 1 saturated heterocycles. The number of esters is 1. The summed E-state index contributed by atoms with van der Waals surface area (Å²) < 4.78 is 5.37. The first-order valence-electron chi connectivity index (χ1n) is 6.24. The van der Waals surface area contributed by atoms with Crippen LogP contribution in [0.15, 0.2) is 24.3 Å². The SMILES string of the molecule is CC(C)(C)OC(=O)[C@@H]1CSC(c2cccc(O)c2)N1. The van der Waals surface area contributed by atoms with Gasteiger partial charge in [0.15, 0.2) is 0 Å². The van der Waals surface area contributed by atoms with Crippen molar-refractivity contribution in [2.75, 3.05) is 5.75 Å². The van der Waals surface area contributed by atoms with Crippen LogP contribution in [0.5, 0.6) is 5.75 Å². The van der Waals surface area contributed by atoms with Crippen molar-refractivity contribution in [3.63, 3.8) is 0 Å². The first kappa shape index (κ1) is 14.2. The van der Waals surface area contributed by atoms with Crippen LogP contribution < -0.4 is 5.32 Å². The van der Waals surface area contributed by atoms with E-state index in [0.29, 0.717) is 5.75 Å². The normalized spacial score (nSPS) is 23.3. The average molecular weight is 281 g/mol. The quantitative estimate of drug-likeness (QED) is 0.815. The Kier molecular flexibility index (Phi) is 4.06. The number of benzene rings is 1. The maximum atomic E-state index is 12.0. The second kappa shape index (κ2) is 5.43. The molecule has 2 N–H and O–H groups in total. The Morgan fingerprint density at radius 2 is 2.21 bits per heavy atom. The summed E-state index contributed by atoms with van der Waals surface area (Å²) in [6.07, 6.45) is 0. The van der Waals surface area contributed by atoms with E-state index in [1.165, 1.54) is 0 Å². The lowest BCUT2D eigenvalue weighted by Gasteiger charge is -2.22. The third-order valence-corrected chi connectivity index (χ3v) is 3.91. The van der Waals surface area contributed by atoms with E-state index in [0.717, 1.165) is 5.56 Å². The molecule has 0 aromatic heterocycles. The molecule has 5 heteroatoms. The fourth-order valence-electron chi connectivity index (χ4n) is 1.86. The number of aromatic hydroxyl groups is 1. The third-order valence-electron chi connectivity index (χ3n) is 2.65. The molecule has 1 aliphatic heterocycles. The summed E-state index contributed by atoms with van der Waals surface area (Å²) in [4.78, 5) is 12.0. The fourth-order valence-corrected chi connectivity index (χ4v) is 3.08. The van der Waals surface area contributed by atoms with Crippen molar-refractivity contribution in [3.8, 4) is 5.75 Å². The van der Waals surface area contributed by atoms with Gasteiger partial charge in [0.2, 0.25) is 0 Å². The van der Waals surface area contributed by atoms with E-state index < -0.39 is 5.60 Å². The van der Waals surface area contributed by atoms with E-state index in [1.54, 1.807) is 30.0 Å². The van der Waals surface area contributed by atoms with Gasteiger partial charge in [0.1, 0.15) is 17.4 Å². The number of ether oxygens (including phenoxy) is 1. The second-order valence-electron chi connectivity index (χ2n) is 5.56. The molecule has 0 saturated carbocycles. The van der Waals surface area contributed by atoms with Gasteiger partial charge in [0, 0.05) is 5.75 Å². The molecule has 0 radical (unpaired) electrons. The van der Waals surface area contributed by atoms with Crippen molar-refractivity contribution in [1.29, 1.82) is 0 Å². The monoisotopic (exact) mass is 281 g/mol. The first-order valence-corrected chi connectivity index (χ1v) is 7.29. The Labute approximate surface area is 117 Å². The van der Waals surface area contributed by atoms with Gasteiger partial charge in [-0.2, -0.15) is 0 Å². The molecule has 0 spiro atoms. The van der Waals surface area contributed by atoms with Crippen LogP contribution in [0, 0.1) is 0 Å². The number of carbonyl (C=O) groups excluding carboxylic acids is 1. The van der Waals surface area contributed by atoms with Gasteiger partial charge in [0.05, 0.1) is 5.37 Å². The molecule has 2 rings (SSSR count). The minimum atomic E-state index is -0.466. The molecule has 2 atom stereocenters. The Balaban J connectivity index is 1.98. The van der Waals surface area contributed by atoms with E-state index >= 15 is 0 Å². The summed E-state index contributed by atoms with van der Waals surface area (Å²) in [6, 6.07) is 6.78. The van der Waals surface area contributed by atoms with Crippen LogP contribution >= 0.6 is 11.8 Å². The first-order chi connectivity index (χ1) is 8.85. The predicted octanol–water partition coefficient (Wildman–Crippen LogP) is 2.44. The number of nitrogens with one attached hydrogen (secondary N) is 1. The molecular formula is C14H19NO3S. The molecule has 19 heavy (non-hydrogen) atoms. The van der Waals surface area contributed by atoms with Crippen LogP contribution in [-0.2, 0) is 9.53 Å². The summed E-state index contributed by atoms with van der Waals surface area (Å²) >= 11 is 1.64. The van der Waals surface area contributed by atoms with Crippen molar-refractivity contribution < 1.29 is 14.6 Å². The summed E-state index contributed by atoms with van der Waals surface area (Å²) in [5.74, 6) is 0.693. The Bertz CT molecular complexity index is 470. The minimum Gasteiger partial charge on any atom is -0.508 e. The van der Waals surface area contributed by atoms with E-state index in [-0.39, 0.29) is 23.1 Å². The highest BCUT2D eigenvalue weighted by Crippen LogP contribution is 2.34. The molecule has 0 bridgehead atoms. The van der Waals surface area contributed by atoms with Gasteiger partial charge in [-0.1, -0.05) is 12.1 Å². The maximum absolute atomic E-state index is 12.0. The van der Waals surface area contributed by atoms with Crippen molar-refractivity contribution in [2.45, 2.75) is 37.8 Å². The summed E-state index contributed by atoms with van der Waals surface area (Å²) in [6.45, 7) is 5.58. The molecule has 0 amide bonds. The zero-order chi connectivity index (χ0) is 14.0. The van der Waals surface area contributed by atoms with E-state index in [4.69, 9.17) is 4.74 Å². The lowest BCUT2D eigenvalue weighted by atomic mass is 10.2. The smallest absolute Gasteiger partial charge is 0.324 e. The van der Waals surface area contributed by atoms with Crippen LogP contribution in [0.4, 0.5) is 0 Å². The molecule has 104 valence electrons. The number of hydrogen-bond acceptors (Lipinski definition) is 5. The molecular weight excluding hydrogens is 262 g/mol. The Morgan fingerprint density at radius 3 is 2.84 bits per heavy atom. The van der Waals surface area contributed by atoms with Crippen molar-refractivity contribution in [2.24, 2.45) is 0 Å². The largest absolute Gasteiger partial charge is 0.508 e. The van der Waals surface area contributed by atoms with Gasteiger partial charge in [-0.25, -0.2) is 0 Å². The number of hydrogen-bond donors (Lipinski definition) is 2. The highest BCUT2D eigenvalue weighted by Gasteiger charge is 2.33. The fraction of sp³-hybridized carbons (Fsp3) is 0.500. The second-order valence-corrected chi connectivity index (χ2v) is 6.70. The van der Waals surface area contributed by atoms with Gasteiger partial charge >= 0.3 is 5.97 Å². The Hall–Kier alpha value is -1.20. The lowest BCUT2D eigenvalue weighted by molar-refractivity contribution is -0.156. The predicted molar refractivity (Wildman–Crippen MR) is 76.1 cm³/mol. The molecule has 1 unspecified atom stereocenters. The van der Waals surface area contributed by atoms with E-state index in [2.05, 4.69) is 5.32 Å². The summed E-state index contributed by atoms with van der Waals surface area (Å²) in [5.41, 5.74) is 0.503. The van der Waals surface area contributed by atoms with Crippen molar-refractivity contribution in [1.82, 2.24) is 5.32 Å². The van der Waals surface area contributed by atoms with Crippen molar-refractivity contribution in [3.05, 3.63) is 29.8 Å².